The predicted molar refractivity (Wildman–Crippen MR) is 137 cm³/mol. The maximum absolute atomic E-state index is 13.3. The van der Waals surface area contributed by atoms with E-state index in [-0.39, 0.29) is 12.5 Å². The van der Waals surface area contributed by atoms with Crippen molar-refractivity contribution >= 4 is 51.5 Å². The van der Waals surface area contributed by atoms with Crippen molar-refractivity contribution in [1.29, 1.82) is 0 Å². The molecule has 2 aromatic carbocycles. The zero-order valence-electron chi connectivity index (χ0n) is 19.1. The number of allylic oxidation sites excluding steroid dienone is 1. The Hall–Kier alpha value is -3.77. The van der Waals surface area contributed by atoms with Gasteiger partial charge in [-0.2, -0.15) is 0 Å². The van der Waals surface area contributed by atoms with Crippen LogP contribution in [0.3, 0.4) is 0 Å². The largest absolute Gasteiger partial charge is 0.452 e. The van der Waals surface area contributed by atoms with Crippen LogP contribution in [0.15, 0.2) is 60.0 Å². The highest BCUT2D eigenvalue weighted by Gasteiger charge is 2.28. The standard InChI is InChI=1S/C28H24N2O3S/c1-17-7-5-8-18(2)26(17)30-24(31)16-33-28(32)25-21-10-3-4-11-23(21)29-27-19(12-13-22(25)27)15-20-9-6-14-34-20/h3-11,14-15H,12-13,16H2,1-2H3,(H,30,31)/b19-15-. The minimum Gasteiger partial charge on any atom is -0.452 e. The molecule has 0 bridgehead atoms. The number of ether oxygens (including phenoxy) is 1. The monoisotopic (exact) mass is 468 g/mol. The van der Waals surface area contributed by atoms with Gasteiger partial charge in [-0.25, -0.2) is 9.78 Å². The highest BCUT2D eigenvalue weighted by Crippen LogP contribution is 2.38. The first kappa shape index (κ1) is 22.0. The summed E-state index contributed by atoms with van der Waals surface area (Å²) in [5, 5.41) is 5.66. The lowest BCUT2D eigenvalue weighted by molar-refractivity contribution is -0.119. The fraction of sp³-hybridized carbons (Fsp3) is 0.179. The van der Waals surface area contributed by atoms with Crippen molar-refractivity contribution in [1.82, 2.24) is 4.98 Å². The van der Waals surface area contributed by atoms with Gasteiger partial charge in [-0.15, -0.1) is 11.3 Å². The van der Waals surface area contributed by atoms with Crippen LogP contribution in [0.5, 0.6) is 0 Å². The molecule has 1 aliphatic rings. The number of pyridine rings is 1. The molecule has 0 fully saturated rings. The number of para-hydroxylation sites is 2. The van der Waals surface area contributed by atoms with Crippen molar-refractivity contribution in [3.63, 3.8) is 0 Å². The van der Waals surface area contributed by atoms with Gasteiger partial charge in [0, 0.05) is 16.0 Å². The minimum atomic E-state index is -0.496. The zero-order chi connectivity index (χ0) is 23.7. The van der Waals surface area contributed by atoms with Crippen LogP contribution in [0, 0.1) is 13.8 Å². The van der Waals surface area contributed by atoms with E-state index in [1.165, 1.54) is 0 Å². The smallest absolute Gasteiger partial charge is 0.339 e. The Morgan fingerprint density at radius 1 is 1.03 bits per heavy atom. The number of anilines is 1. The number of hydrogen-bond donors (Lipinski definition) is 1. The summed E-state index contributed by atoms with van der Waals surface area (Å²) < 4.78 is 5.52. The third-order valence-corrected chi connectivity index (χ3v) is 6.90. The Balaban J connectivity index is 1.43. The molecule has 6 heteroatoms. The lowest BCUT2D eigenvalue weighted by Gasteiger charge is -2.14. The highest BCUT2D eigenvalue weighted by molar-refractivity contribution is 7.10. The highest BCUT2D eigenvalue weighted by atomic mass is 32.1. The Morgan fingerprint density at radius 2 is 1.82 bits per heavy atom. The molecule has 5 nitrogen and oxygen atoms in total. The van der Waals surface area contributed by atoms with Crippen molar-refractivity contribution < 1.29 is 14.3 Å². The Bertz CT molecular complexity index is 1420. The van der Waals surface area contributed by atoms with E-state index >= 15 is 0 Å². The summed E-state index contributed by atoms with van der Waals surface area (Å²) >= 11 is 1.67. The molecular formula is C28H24N2O3S. The molecular weight excluding hydrogens is 444 g/mol. The quantitative estimate of drug-likeness (QED) is 0.354. The van der Waals surface area contributed by atoms with Crippen molar-refractivity contribution in [3.8, 4) is 0 Å². The average molecular weight is 469 g/mol. The van der Waals surface area contributed by atoms with E-state index < -0.39 is 5.97 Å². The number of rotatable bonds is 5. The number of amides is 1. The normalized spacial score (nSPS) is 13.8. The number of carbonyl (C=O) groups excluding carboxylic acids is 2. The van der Waals surface area contributed by atoms with Gasteiger partial charge in [0.15, 0.2) is 6.61 Å². The SMILES string of the molecule is Cc1cccc(C)c1NC(=O)COC(=O)c1c2c(nc3ccccc13)/C(=C\c1cccs1)CC2. The molecule has 1 aliphatic carbocycles. The van der Waals surface area contributed by atoms with Crippen LogP contribution in [0.4, 0.5) is 5.69 Å². The third-order valence-electron chi connectivity index (χ3n) is 6.09. The lowest BCUT2D eigenvalue weighted by Crippen LogP contribution is -2.22. The van der Waals surface area contributed by atoms with E-state index in [1.807, 2.05) is 67.8 Å². The second-order valence-electron chi connectivity index (χ2n) is 8.41. The molecule has 0 spiro atoms. The molecule has 2 heterocycles. The maximum Gasteiger partial charge on any atom is 0.339 e. The predicted octanol–water partition coefficient (Wildman–Crippen LogP) is 6.20. The minimum absolute atomic E-state index is 0.351. The first-order valence-corrected chi connectivity index (χ1v) is 12.1. The molecule has 0 unspecified atom stereocenters. The molecule has 2 aromatic heterocycles. The maximum atomic E-state index is 13.3. The van der Waals surface area contributed by atoms with Gasteiger partial charge in [0.25, 0.3) is 5.91 Å². The Morgan fingerprint density at radius 3 is 2.59 bits per heavy atom. The molecule has 1 N–H and O–H groups in total. The summed E-state index contributed by atoms with van der Waals surface area (Å²) in [4.78, 5) is 31.9. The number of aromatic nitrogens is 1. The molecule has 34 heavy (non-hydrogen) atoms. The lowest BCUT2D eigenvalue weighted by atomic mass is 10.0. The number of fused-ring (bicyclic) bond motifs is 2. The summed E-state index contributed by atoms with van der Waals surface area (Å²) in [5.74, 6) is -0.858. The zero-order valence-corrected chi connectivity index (χ0v) is 19.9. The Labute approximate surface area is 202 Å². The molecule has 0 aliphatic heterocycles. The van der Waals surface area contributed by atoms with Crippen molar-refractivity contribution in [2.75, 3.05) is 11.9 Å². The van der Waals surface area contributed by atoms with Crippen molar-refractivity contribution in [2.24, 2.45) is 0 Å². The van der Waals surface area contributed by atoms with Gasteiger partial charge >= 0.3 is 5.97 Å². The van der Waals surface area contributed by atoms with E-state index in [4.69, 9.17) is 9.72 Å². The van der Waals surface area contributed by atoms with Gasteiger partial charge in [0.1, 0.15) is 0 Å². The van der Waals surface area contributed by atoms with E-state index in [9.17, 15) is 9.59 Å². The molecule has 0 radical (unpaired) electrons. The summed E-state index contributed by atoms with van der Waals surface area (Å²) in [7, 11) is 0. The first-order chi connectivity index (χ1) is 16.5. The van der Waals surface area contributed by atoms with Crippen molar-refractivity contribution in [2.45, 2.75) is 26.7 Å². The summed E-state index contributed by atoms with van der Waals surface area (Å²) in [6.45, 7) is 3.51. The van der Waals surface area contributed by atoms with Crippen LogP contribution in [0.2, 0.25) is 0 Å². The first-order valence-electron chi connectivity index (χ1n) is 11.2. The fourth-order valence-electron chi connectivity index (χ4n) is 4.45. The van der Waals surface area contributed by atoms with Gasteiger partial charge in [-0.1, -0.05) is 42.5 Å². The number of thiophene rings is 1. The molecule has 0 saturated heterocycles. The summed E-state index contributed by atoms with van der Waals surface area (Å²) in [6.07, 6.45) is 3.67. The second-order valence-corrected chi connectivity index (χ2v) is 9.39. The van der Waals surface area contributed by atoms with E-state index in [0.717, 1.165) is 55.8 Å². The number of benzene rings is 2. The number of esters is 1. The molecule has 5 rings (SSSR count). The van der Waals surface area contributed by atoms with Crippen LogP contribution in [0.25, 0.3) is 22.6 Å². The van der Waals surface area contributed by atoms with Gasteiger partial charge in [0.05, 0.1) is 16.8 Å². The van der Waals surface area contributed by atoms with Gasteiger partial charge in [-0.3, -0.25) is 4.79 Å². The number of aryl methyl sites for hydroxylation is 2. The molecule has 0 saturated carbocycles. The van der Waals surface area contributed by atoms with Crippen LogP contribution in [-0.2, 0) is 16.0 Å². The summed E-state index contributed by atoms with van der Waals surface area (Å²) in [5.41, 5.74) is 6.78. The van der Waals surface area contributed by atoms with E-state index in [1.54, 1.807) is 11.3 Å². The van der Waals surface area contributed by atoms with Crippen LogP contribution < -0.4 is 5.32 Å². The van der Waals surface area contributed by atoms with Crippen LogP contribution in [0.1, 0.15) is 44.0 Å². The van der Waals surface area contributed by atoms with E-state index in [0.29, 0.717) is 12.0 Å². The summed E-state index contributed by atoms with van der Waals surface area (Å²) in [6, 6.07) is 17.5. The van der Waals surface area contributed by atoms with Gasteiger partial charge < -0.3 is 10.1 Å². The van der Waals surface area contributed by atoms with Crippen LogP contribution >= 0.6 is 11.3 Å². The number of nitrogens with one attached hydrogen (secondary N) is 1. The van der Waals surface area contributed by atoms with E-state index in [2.05, 4.69) is 17.5 Å². The van der Waals surface area contributed by atoms with Gasteiger partial charge in [-0.05, 0) is 72.5 Å². The van der Waals surface area contributed by atoms with Gasteiger partial charge in [0.2, 0.25) is 0 Å². The van der Waals surface area contributed by atoms with Crippen molar-refractivity contribution in [3.05, 3.63) is 92.8 Å². The molecule has 4 aromatic rings. The average Bonchev–Trinajstić information content (AvgIpc) is 3.49. The van der Waals surface area contributed by atoms with Crippen LogP contribution in [-0.4, -0.2) is 23.5 Å². The second kappa shape index (κ2) is 9.23. The topological polar surface area (TPSA) is 68.3 Å². The molecule has 170 valence electrons. The third kappa shape index (κ3) is 4.24. The number of nitrogens with zero attached hydrogens (tertiary/aromatic N) is 1. The Kier molecular flexibility index (Phi) is 5.99. The number of carbonyl (C=O) groups is 2. The molecule has 1 amide bonds. The fourth-order valence-corrected chi connectivity index (χ4v) is 5.13. The number of hydrogen-bond acceptors (Lipinski definition) is 5. The molecule has 0 atom stereocenters.